The predicted molar refractivity (Wildman–Crippen MR) is 81.4 cm³/mol. The quantitative estimate of drug-likeness (QED) is 0.412. The number of rotatable bonds is 6. The molecule has 0 saturated carbocycles. The van der Waals surface area contributed by atoms with Crippen LogP contribution in [0.15, 0.2) is 17.7 Å². The van der Waals surface area contributed by atoms with Gasteiger partial charge in [0.15, 0.2) is 0 Å². The van der Waals surface area contributed by atoms with Crippen LogP contribution in [0, 0.1) is 16.7 Å². The third-order valence-corrected chi connectivity index (χ3v) is 3.43. The van der Waals surface area contributed by atoms with Gasteiger partial charge in [-0.3, -0.25) is 0 Å². The molecule has 1 aromatic heterocycles. The first-order valence-electron chi connectivity index (χ1n) is 6.36. The Morgan fingerprint density at radius 2 is 2.10 bits per heavy atom. The third kappa shape index (κ3) is 4.09. The van der Waals surface area contributed by atoms with Crippen LogP contribution in [-0.4, -0.2) is 35.0 Å². The summed E-state index contributed by atoms with van der Waals surface area (Å²) >= 11 is 0. The van der Waals surface area contributed by atoms with E-state index >= 15 is 0 Å². The lowest BCUT2D eigenvalue weighted by molar-refractivity contribution is -0.0893. The lowest BCUT2D eigenvalue weighted by Gasteiger charge is -2.37. The Hall–Kier alpha value is -1.84. The second-order valence-electron chi connectivity index (χ2n) is 5.65. The molecule has 0 amide bonds. The van der Waals surface area contributed by atoms with Crippen molar-refractivity contribution < 1.29 is 9.76 Å². The minimum absolute atomic E-state index is 0.274. The Bertz CT molecular complexity index is 548. The van der Waals surface area contributed by atoms with E-state index in [1.54, 1.807) is 19.9 Å². The Balaban J connectivity index is 2.74. The average molecular weight is 273 g/mol. The van der Waals surface area contributed by atoms with Gasteiger partial charge >= 0.3 is 7.48 Å². The van der Waals surface area contributed by atoms with Crippen molar-refractivity contribution in [3.8, 4) is 6.07 Å². The highest BCUT2D eigenvalue weighted by molar-refractivity contribution is 6.45. The third-order valence-electron chi connectivity index (χ3n) is 3.43. The van der Waals surface area contributed by atoms with Crippen molar-refractivity contribution in [2.75, 3.05) is 0 Å². The SMILES string of the molecule is CC(C)(O)C(C)(C)OBc1ccc(/C=C(/C#N)C=N)[nH]1. The highest BCUT2D eigenvalue weighted by Gasteiger charge is 2.35. The Morgan fingerprint density at radius 1 is 1.45 bits per heavy atom. The lowest BCUT2D eigenvalue weighted by Crippen LogP contribution is -2.49. The van der Waals surface area contributed by atoms with Gasteiger partial charge in [-0.25, -0.2) is 0 Å². The fraction of sp³-hybridized carbons (Fsp3) is 0.429. The smallest absolute Gasteiger partial charge is 0.326 e. The first kappa shape index (κ1) is 16.2. The Kier molecular flexibility index (Phi) is 4.93. The molecule has 0 aliphatic heterocycles. The summed E-state index contributed by atoms with van der Waals surface area (Å²) in [5.41, 5.74) is 0.230. The average Bonchev–Trinajstić information content (AvgIpc) is 2.80. The molecule has 3 N–H and O–H groups in total. The fourth-order valence-electron chi connectivity index (χ4n) is 1.34. The standard InChI is InChI=1S/C14H20BN3O2/c1-13(2,19)14(3,4)20-15-12-6-5-11(18-12)7-10(8-16)9-17/h5-8,15-16,18-19H,1-4H3/b10-7+,16-8?. The maximum atomic E-state index is 10.0. The summed E-state index contributed by atoms with van der Waals surface area (Å²) in [5.74, 6) is 0. The van der Waals surface area contributed by atoms with Crippen molar-refractivity contribution in [2.24, 2.45) is 0 Å². The summed E-state index contributed by atoms with van der Waals surface area (Å²) in [6, 6.07) is 5.59. The van der Waals surface area contributed by atoms with Gasteiger partial charge in [-0.2, -0.15) is 5.26 Å². The molecule has 1 aromatic rings. The largest absolute Gasteiger partial charge is 0.425 e. The molecule has 1 rings (SSSR count). The number of H-pyrrole nitrogens is 1. The van der Waals surface area contributed by atoms with Gasteiger partial charge < -0.3 is 20.2 Å². The highest BCUT2D eigenvalue weighted by atomic mass is 16.5. The van der Waals surface area contributed by atoms with Gasteiger partial charge in [-0.15, -0.1) is 0 Å². The summed E-state index contributed by atoms with van der Waals surface area (Å²) in [5, 5.41) is 25.8. The molecule has 20 heavy (non-hydrogen) atoms. The van der Waals surface area contributed by atoms with Crippen molar-refractivity contribution in [1.82, 2.24) is 4.98 Å². The molecule has 0 aliphatic rings. The molecule has 0 atom stereocenters. The van der Waals surface area contributed by atoms with E-state index in [4.69, 9.17) is 15.3 Å². The molecule has 5 nitrogen and oxygen atoms in total. The summed E-state index contributed by atoms with van der Waals surface area (Å²) in [4.78, 5) is 3.10. The second kappa shape index (κ2) is 6.08. The number of hydrogen-bond acceptors (Lipinski definition) is 4. The summed E-state index contributed by atoms with van der Waals surface area (Å²) in [7, 11) is 0.331. The van der Waals surface area contributed by atoms with E-state index in [1.165, 1.54) is 0 Å². The van der Waals surface area contributed by atoms with Crippen LogP contribution >= 0.6 is 0 Å². The monoisotopic (exact) mass is 273 g/mol. The molecule has 0 saturated heterocycles. The van der Waals surface area contributed by atoms with E-state index in [1.807, 2.05) is 32.0 Å². The van der Waals surface area contributed by atoms with Crippen LogP contribution in [0.1, 0.15) is 33.4 Å². The molecule has 0 aromatic carbocycles. The maximum absolute atomic E-state index is 10.0. The van der Waals surface area contributed by atoms with E-state index in [0.717, 1.165) is 17.5 Å². The summed E-state index contributed by atoms with van der Waals surface area (Å²) in [6.45, 7) is 7.08. The van der Waals surface area contributed by atoms with Crippen LogP contribution in [0.2, 0.25) is 0 Å². The van der Waals surface area contributed by atoms with E-state index in [-0.39, 0.29) is 5.57 Å². The van der Waals surface area contributed by atoms with Gasteiger partial charge in [0.2, 0.25) is 0 Å². The first-order valence-corrected chi connectivity index (χ1v) is 6.36. The van der Waals surface area contributed by atoms with E-state index in [9.17, 15) is 5.11 Å². The van der Waals surface area contributed by atoms with Crippen LogP contribution in [-0.2, 0) is 4.65 Å². The number of aromatic amines is 1. The number of nitrogens with zero attached hydrogens (tertiary/aromatic N) is 1. The number of nitrogens with one attached hydrogen (secondary N) is 2. The van der Waals surface area contributed by atoms with Gasteiger partial charge in [0.1, 0.15) is 6.07 Å². The van der Waals surface area contributed by atoms with E-state index in [2.05, 4.69) is 4.98 Å². The first-order chi connectivity index (χ1) is 9.19. The second-order valence-corrected chi connectivity index (χ2v) is 5.65. The Labute approximate surface area is 120 Å². The zero-order valence-electron chi connectivity index (χ0n) is 12.3. The summed E-state index contributed by atoms with van der Waals surface area (Å²) in [6.07, 6.45) is 2.60. The van der Waals surface area contributed by atoms with Gasteiger partial charge in [-0.1, -0.05) is 0 Å². The van der Waals surface area contributed by atoms with Crippen molar-refractivity contribution in [3.05, 3.63) is 23.4 Å². The molecule has 0 unspecified atom stereocenters. The zero-order valence-corrected chi connectivity index (χ0v) is 12.3. The van der Waals surface area contributed by atoms with Crippen LogP contribution in [0.25, 0.3) is 6.08 Å². The van der Waals surface area contributed by atoms with Crippen LogP contribution < -0.4 is 5.59 Å². The minimum atomic E-state index is -0.948. The molecule has 0 radical (unpaired) electrons. The molecule has 0 bridgehead atoms. The number of allylic oxidation sites excluding steroid dienone is 1. The van der Waals surface area contributed by atoms with E-state index < -0.39 is 11.2 Å². The van der Waals surface area contributed by atoms with Gasteiger partial charge in [0, 0.05) is 17.5 Å². The molecule has 106 valence electrons. The lowest BCUT2D eigenvalue weighted by atomic mass is 9.85. The maximum Gasteiger partial charge on any atom is 0.326 e. The highest BCUT2D eigenvalue weighted by Crippen LogP contribution is 2.24. The van der Waals surface area contributed by atoms with E-state index in [0.29, 0.717) is 7.48 Å². The zero-order chi connectivity index (χ0) is 15.4. The topological polar surface area (TPSA) is 92.9 Å². The van der Waals surface area contributed by atoms with Crippen LogP contribution in [0.3, 0.4) is 0 Å². The number of aromatic nitrogens is 1. The van der Waals surface area contributed by atoms with Crippen molar-refractivity contribution in [3.63, 3.8) is 0 Å². The minimum Gasteiger partial charge on any atom is -0.425 e. The Morgan fingerprint density at radius 3 is 2.60 bits per heavy atom. The molecule has 0 fully saturated rings. The van der Waals surface area contributed by atoms with Gasteiger partial charge in [0.25, 0.3) is 0 Å². The van der Waals surface area contributed by atoms with Crippen molar-refractivity contribution in [1.29, 1.82) is 10.7 Å². The molecule has 0 aliphatic carbocycles. The molecular formula is C14H20BN3O2. The number of aliphatic hydroxyl groups is 1. The molecule has 1 heterocycles. The molecule has 0 spiro atoms. The molecule has 6 heteroatoms. The van der Waals surface area contributed by atoms with Crippen LogP contribution in [0.5, 0.6) is 0 Å². The predicted octanol–water partition coefficient (Wildman–Crippen LogP) is 1.11. The number of hydrogen-bond donors (Lipinski definition) is 3. The number of nitriles is 1. The van der Waals surface area contributed by atoms with Crippen molar-refractivity contribution >= 4 is 25.4 Å². The van der Waals surface area contributed by atoms with Crippen LogP contribution in [0.4, 0.5) is 0 Å². The van der Waals surface area contributed by atoms with Crippen molar-refractivity contribution in [2.45, 2.75) is 38.9 Å². The summed E-state index contributed by atoms with van der Waals surface area (Å²) < 4.78 is 5.74. The van der Waals surface area contributed by atoms with Gasteiger partial charge in [0.05, 0.1) is 16.8 Å². The fourth-order valence-corrected chi connectivity index (χ4v) is 1.34. The normalized spacial score (nSPS) is 12.9. The van der Waals surface area contributed by atoms with Gasteiger partial charge in [-0.05, 0) is 45.9 Å². The molecular weight excluding hydrogens is 253 g/mol.